The number of aromatic amines is 1. The Kier molecular flexibility index (Phi) is 5.14. The van der Waals surface area contributed by atoms with Crippen molar-refractivity contribution in [1.82, 2.24) is 30.0 Å². The predicted molar refractivity (Wildman–Crippen MR) is 108 cm³/mol. The molecule has 3 aromatic heterocycles. The van der Waals surface area contributed by atoms with Gasteiger partial charge in [0.1, 0.15) is 23.6 Å². The third-order valence-electron chi connectivity index (χ3n) is 4.99. The second-order valence-electron chi connectivity index (χ2n) is 7.42. The van der Waals surface area contributed by atoms with Crippen molar-refractivity contribution in [2.24, 2.45) is 0 Å². The van der Waals surface area contributed by atoms with Gasteiger partial charge in [-0.2, -0.15) is 5.10 Å². The summed E-state index contributed by atoms with van der Waals surface area (Å²) in [5.41, 5.74) is 0.834. The maximum Gasteiger partial charge on any atom is 0.239 e. The van der Waals surface area contributed by atoms with Gasteiger partial charge in [-0.05, 0) is 32.8 Å². The van der Waals surface area contributed by atoms with E-state index in [9.17, 15) is 4.79 Å². The molecule has 1 amide bonds. The molecule has 0 bridgehead atoms. The maximum absolute atomic E-state index is 12.4. The minimum Gasteiger partial charge on any atom is -0.360 e. The number of hydrogen-bond donors (Lipinski definition) is 3. The average Bonchev–Trinajstić information content (AvgIpc) is 3.36. The van der Waals surface area contributed by atoms with Gasteiger partial charge >= 0.3 is 0 Å². The number of carbonyl (C=O) groups is 1. The number of rotatable bonds is 6. The first-order chi connectivity index (χ1) is 13.6. The van der Waals surface area contributed by atoms with Crippen LogP contribution in [0.2, 0.25) is 0 Å². The molecule has 0 aromatic carbocycles. The van der Waals surface area contributed by atoms with Crippen molar-refractivity contribution in [2.45, 2.75) is 38.8 Å². The Morgan fingerprint density at radius 2 is 2.25 bits per heavy atom. The van der Waals surface area contributed by atoms with Crippen LogP contribution in [0.1, 0.15) is 32.7 Å². The molecule has 0 spiro atoms. The number of aromatic nitrogens is 5. The minimum absolute atomic E-state index is 0.0274. The first-order valence-electron chi connectivity index (χ1n) is 9.71. The first-order valence-corrected chi connectivity index (χ1v) is 9.71. The molecule has 3 N–H and O–H groups in total. The number of amides is 1. The number of carbonyl (C=O) groups excluding carboxylic acids is 1. The molecule has 1 fully saturated rings. The van der Waals surface area contributed by atoms with Crippen LogP contribution in [0.3, 0.4) is 0 Å². The summed E-state index contributed by atoms with van der Waals surface area (Å²) in [6, 6.07) is 4.27. The fraction of sp³-hybridized carbons (Fsp3) is 0.474. The van der Waals surface area contributed by atoms with Crippen LogP contribution in [-0.2, 0) is 4.79 Å². The highest BCUT2D eigenvalue weighted by molar-refractivity contribution is 5.87. The normalized spacial score (nSPS) is 17.2. The highest BCUT2D eigenvalue weighted by Crippen LogP contribution is 2.25. The molecule has 9 nitrogen and oxygen atoms in total. The second kappa shape index (κ2) is 7.87. The molecule has 4 heterocycles. The van der Waals surface area contributed by atoms with Gasteiger partial charge in [0.15, 0.2) is 0 Å². The predicted octanol–water partition coefficient (Wildman–Crippen LogP) is 1.93. The van der Waals surface area contributed by atoms with Gasteiger partial charge in [0.05, 0.1) is 11.9 Å². The summed E-state index contributed by atoms with van der Waals surface area (Å²) in [6.07, 6.45) is 7.33. The first kappa shape index (κ1) is 18.3. The van der Waals surface area contributed by atoms with E-state index in [2.05, 4.69) is 49.4 Å². The highest BCUT2D eigenvalue weighted by Gasteiger charge is 2.23. The molecule has 9 heteroatoms. The number of fused-ring (bicyclic) bond motifs is 1. The number of hydrogen-bond acceptors (Lipinski definition) is 6. The zero-order chi connectivity index (χ0) is 19.5. The molecular formula is C19H26N8O. The van der Waals surface area contributed by atoms with Crippen LogP contribution in [0, 0.1) is 0 Å². The van der Waals surface area contributed by atoms with E-state index in [4.69, 9.17) is 0 Å². The number of anilines is 2. The third kappa shape index (κ3) is 3.92. The molecule has 28 heavy (non-hydrogen) atoms. The van der Waals surface area contributed by atoms with Crippen molar-refractivity contribution in [1.29, 1.82) is 0 Å². The van der Waals surface area contributed by atoms with Gasteiger partial charge in [0, 0.05) is 43.6 Å². The molecule has 4 rings (SSSR count). The Labute approximate surface area is 163 Å². The van der Waals surface area contributed by atoms with Crippen LogP contribution in [0.25, 0.3) is 11.0 Å². The molecule has 0 aliphatic carbocycles. The molecular weight excluding hydrogens is 356 g/mol. The summed E-state index contributed by atoms with van der Waals surface area (Å²) in [6.45, 7) is 6.01. The van der Waals surface area contributed by atoms with Gasteiger partial charge in [-0.3, -0.25) is 9.48 Å². The fourth-order valence-electron chi connectivity index (χ4n) is 3.57. The third-order valence-corrected chi connectivity index (χ3v) is 4.99. The zero-order valence-electron chi connectivity index (χ0n) is 16.2. The number of nitrogens with zero attached hydrogens (tertiary/aromatic N) is 5. The van der Waals surface area contributed by atoms with Crippen LogP contribution in [0.5, 0.6) is 0 Å². The molecule has 0 radical (unpaired) electrons. The minimum atomic E-state index is -0.0274. The quantitative estimate of drug-likeness (QED) is 0.602. The summed E-state index contributed by atoms with van der Waals surface area (Å²) in [4.78, 5) is 26.4. The molecule has 1 aliphatic rings. The fourth-order valence-corrected chi connectivity index (χ4v) is 3.57. The molecule has 1 unspecified atom stereocenters. The van der Waals surface area contributed by atoms with Gasteiger partial charge in [-0.15, -0.1) is 0 Å². The SMILES string of the molecule is CC(C)n1ccc(NCC(=O)NC2CCCN(c3ncnc4[nH]ccc34)C2)n1. The van der Waals surface area contributed by atoms with Crippen LogP contribution in [-0.4, -0.2) is 56.3 Å². The van der Waals surface area contributed by atoms with E-state index >= 15 is 0 Å². The van der Waals surface area contributed by atoms with Crippen LogP contribution < -0.4 is 15.5 Å². The topological polar surface area (TPSA) is 104 Å². The van der Waals surface area contributed by atoms with Crippen LogP contribution in [0.15, 0.2) is 30.9 Å². The molecule has 1 saturated heterocycles. The van der Waals surface area contributed by atoms with E-state index in [1.807, 2.05) is 29.2 Å². The Bertz CT molecular complexity index is 946. The molecule has 3 aromatic rings. The van der Waals surface area contributed by atoms with Crippen molar-refractivity contribution in [3.8, 4) is 0 Å². The van der Waals surface area contributed by atoms with E-state index in [-0.39, 0.29) is 18.5 Å². The van der Waals surface area contributed by atoms with E-state index in [1.54, 1.807) is 6.33 Å². The van der Waals surface area contributed by atoms with Crippen LogP contribution in [0.4, 0.5) is 11.6 Å². The van der Waals surface area contributed by atoms with Crippen molar-refractivity contribution >= 4 is 28.6 Å². The van der Waals surface area contributed by atoms with Crippen molar-refractivity contribution in [3.05, 3.63) is 30.9 Å². The molecule has 148 valence electrons. The van der Waals surface area contributed by atoms with E-state index in [0.717, 1.165) is 42.8 Å². The van der Waals surface area contributed by atoms with Gasteiger partial charge in [0.25, 0.3) is 0 Å². The van der Waals surface area contributed by atoms with Crippen molar-refractivity contribution in [3.63, 3.8) is 0 Å². The van der Waals surface area contributed by atoms with E-state index < -0.39 is 0 Å². The lowest BCUT2D eigenvalue weighted by atomic mass is 10.1. The Morgan fingerprint density at radius 1 is 1.36 bits per heavy atom. The lowest BCUT2D eigenvalue weighted by Crippen LogP contribution is -2.49. The van der Waals surface area contributed by atoms with Crippen molar-refractivity contribution < 1.29 is 4.79 Å². The number of nitrogens with one attached hydrogen (secondary N) is 3. The molecule has 1 atom stereocenters. The van der Waals surface area contributed by atoms with Gasteiger partial charge in [0.2, 0.25) is 5.91 Å². The van der Waals surface area contributed by atoms with E-state index in [1.165, 1.54) is 0 Å². The smallest absolute Gasteiger partial charge is 0.239 e. The van der Waals surface area contributed by atoms with Gasteiger partial charge < -0.3 is 20.5 Å². The number of piperidine rings is 1. The average molecular weight is 382 g/mol. The Hall–Kier alpha value is -3.10. The summed E-state index contributed by atoms with van der Waals surface area (Å²) in [7, 11) is 0. The number of H-pyrrole nitrogens is 1. The molecule has 0 saturated carbocycles. The van der Waals surface area contributed by atoms with Gasteiger partial charge in [-0.1, -0.05) is 0 Å². The lowest BCUT2D eigenvalue weighted by molar-refractivity contribution is -0.120. The second-order valence-corrected chi connectivity index (χ2v) is 7.42. The summed E-state index contributed by atoms with van der Waals surface area (Å²) < 4.78 is 1.86. The highest BCUT2D eigenvalue weighted by atomic mass is 16.2. The standard InChI is InChI=1S/C19H26N8O/c1-13(2)27-9-6-16(25-27)21-10-17(28)24-14-4-3-8-26(11-14)19-15-5-7-20-18(15)22-12-23-19/h5-7,9,12-14H,3-4,8,10-11H2,1-2H3,(H,21,25)(H,24,28)(H,20,22,23). The zero-order valence-corrected chi connectivity index (χ0v) is 16.2. The van der Waals surface area contributed by atoms with E-state index in [0.29, 0.717) is 11.9 Å². The summed E-state index contributed by atoms with van der Waals surface area (Å²) in [5, 5.41) is 11.6. The van der Waals surface area contributed by atoms with Crippen molar-refractivity contribution in [2.75, 3.05) is 29.9 Å². The lowest BCUT2D eigenvalue weighted by Gasteiger charge is -2.34. The molecule has 1 aliphatic heterocycles. The Morgan fingerprint density at radius 3 is 3.07 bits per heavy atom. The summed E-state index contributed by atoms with van der Waals surface area (Å²) >= 11 is 0. The largest absolute Gasteiger partial charge is 0.360 e. The maximum atomic E-state index is 12.4. The van der Waals surface area contributed by atoms with Gasteiger partial charge in [-0.25, -0.2) is 9.97 Å². The Balaban J connectivity index is 1.33. The van der Waals surface area contributed by atoms with Crippen LogP contribution >= 0.6 is 0 Å². The summed E-state index contributed by atoms with van der Waals surface area (Å²) in [5.74, 6) is 1.60. The monoisotopic (exact) mass is 382 g/mol.